The molecule has 28 heavy (non-hydrogen) atoms. The number of hydrogen-bond acceptors (Lipinski definition) is 3. The van der Waals surface area contributed by atoms with Crippen LogP contribution in [-0.2, 0) is 4.79 Å². The lowest BCUT2D eigenvalue weighted by Crippen LogP contribution is -2.32. The first kappa shape index (κ1) is 20.1. The minimum Gasteiger partial charge on any atom is -0.457 e. The van der Waals surface area contributed by atoms with Crippen molar-refractivity contribution in [3.05, 3.63) is 82.0 Å². The largest absolute Gasteiger partial charge is 0.457 e. The zero-order chi connectivity index (χ0) is 20.1. The third kappa shape index (κ3) is 5.45. The zero-order valence-electron chi connectivity index (χ0n) is 14.8. The Kier molecular flexibility index (Phi) is 6.52. The third-order valence-electron chi connectivity index (χ3n) is 3.74. The van der Waals surface area contributed by atoms with Gasteiger partial charge in [0.2, 0.25) is 5.91 Å². The first-order valence-electron chi connectivity index (χ1n) is 8.33. The maximum absolute atomic E-state index is 12.0. The predicted octanol–water partition coefficient (Wildman–Crippen LogP) is 6.09. The molecule has 1 heterocycles. The summed E-state index contributed by atoms with van der Waals surface area (Å²) in [6, 6.07) is 16.4. The highest BCUT2D eigenvalue weighted by atomic mass is 35.5. The fourth-order valence-electron chi connectivity index (χ4n) is 2.47. The normalized spacial score (nSPS) is 10.8. The second-order valence-corrected chi connectivity index (χ2v) is 7.22. The first-order chi connectivity index (χ1) is 13.4. The molecule has 0 bridgehead atoms. The van der Waals surface area contributed by atoms with Crippen LogP contribution in [0.5, 0.6) is 0 Å². The zero-order valence-corrected chi connectivity index (χ0v) is 17.2. The second-order valence-electron chi connectivity index (χ2n) is 5.97. The molecule has 2 N–H and O–H groups in total. The summed E-state index contributed by atoms with van der Waals surface area (Å²) >= 11 is 17.2. The van der Waals surface area contributed by atoms with E-state index in [0.29, 0.717) is 21.6 Å². The summed E-state index contributed by atoms with van der Waals surface area (Å²) in [5, 5.41) is 6.81. The summed E-state index contributed by atoms with van der Waals surface area (Å²) in [5.41, 5.74) is 2.62. The molecule has 2 aromatic carbocycles. The number of anilines is 1. The molecule has 0 atom stereocenters. The van der Waals surface area contributed by atoms with Gasteiger partial charge in [-0.3, -0.25) is 10.1 Å². The highest BCUT2D eigenvalue weighted by Gasteiger charge is 2.09. The van der Waals surface area contributed by atoms with Crippen LogP contribution in [0, 0.1) is 6.92 Å². The average Bonchev–Trinajstić information content (AvgIpc) is 3.08. The minimum absolute atomic E-state index is 0.216. The molecule has 0 aliphatic heterocycles. The van der Waals surface area contributed by atoms with Gasteiger partial charge < -0.3 is 9.73 Å². The minimum atomic E-state index is -0.368. The van der Waals surface area contributed by atoms with Gasteiger partial charge in [0.05, 0.1) is 5.02 Å². The van der Waals surface area contributed by atoms with E-state index in [-0.39, 0.29) is 11.0 Å². The molecule has 0 saturated heterocycles. The number of amides is 1. The highest BCUT2D eigenvalue weighted by Crippen LogP contribution is 2.31. The van der Waals surface area contributed by atoms with Crippen molar-refractivity contribution < 1.29 is 9.21 Å². The summed E-state index contributed by atoms with van der Waals surface area (Å²) in [6.07, 6.45) is 2.90. The summed E-state index contributed by atoms with van der Waals surface area (Å²) in [5.74, 6) is 0.722. The molecule has 0 aliphatic carbocycles. The van der Waals surface area contributed by atoms with Crippen LogP contribution < -0.4 is 10.6 Å². The molecule has 0 saturated carbocycles. The van der Waals surface area contributed by atoms with E-state index < -0.39 is 0 Å². The van der Waals surface area contributed by atoms with E-state index in [1.165, 1.54) is 6.08 Å². The fourth-order valence-corrected chi connectivity index (χ4v) is 3.19. The van der Waals surface area contributed by atoms with Crippen molar-refractivity contribution in [2.24, 2.45) is 0 Å². The molecule has 1 amide bonds. The predicted molar refractivity (Wildman–Crippen MR) is 119 cm³/mol. The van der Waals surface area contributed by atoms with Gasteiger partial charge in [0.15, 0.2) is 5.11 Å². The Hall–Kier alpha value is -2.60. The molecule has 0 fully saturated rings. The number of furan rings is 1. The average molecular weight is 431 g/mol. The molecule has 0 unspecified atom stereocenters. The third-order valence-corrected chi connectivity index (χ3v) is 4.49. The molecule has 0 aliphatic rings. The van der Waals surface area contributed by atoms with Crippen molar-refractivity contribution in [3.8, 4) is 11.3 Å². The monoisotopic (exact) mass is 430 g/mol. The van der Waals surface area contributed by atoms with Crippen LogP contribution in [0.4, 0.5) is 5.69 Å². The van der Waals surface area contributed by atoms with Gasteiger partial charge in [-0.2, -0.15) is 0 Å². The molecular weight excluding hydrogens is 415 g/mol. The molecular formula is C21H16Cl2N2O2S. The van der Waals surface area contributed by atoms with E-state index >= 15 is 0 Å². The Bertz CT molecular complexity index is 1060. The number of aryl methyl sites for hydroxylation is 1. The summed E-state index contributed by atoms with van der Waals surface area (Å²) in [4.78, 5) is 12.0. The standard InChI is InChI=1S/C21H16Cl2N2O2S/c1-13-3-2-4-15(11-13)24-21(28)25-20(26)10-7-16-6-9-19(27-16)17-8-5-14(22)12-18(17)23/h2-12H,1H3,(H2,24,25,26,28)/b10-7+. The second kappa shape index (κ2) is 9.06. The number of benzene rings is 2. The quantitative estimate of drug-likeness (QED) is 0.388. The van der Waals surface area contributed by atoms with Crippen LogP contribution in [-0.4, -0.2) is 11.0 Å². The number of carbonyl (C=O) groups excluding carboxylic acids is 1. The number of hydrogen-bond donors (Lipinski definition) is 2. The van der Waals surface area contributed by atoms with Gasteiger partial charge in [-0.25, -0.2) is 0 Å². The number of rotatable bonds is 4. The number of nitrogens with one attached hydrogen (secondary N) is 2. The Morgan fingerprint density at radius 1 is 1.11 bits per heavy atom. The van der Waals surface area contributed by atoms with Crippen LogP contribution in [0.25, 0.3) is 17.4 Å². The van der Waals surface area contributed by atoms with Gasteiger partial charge in [-0.05, 0) is 73.2 Å². The molecule has 7 heteroatoms. The van der Waals surface area contributed by atoms with Crippen molar-refractivity contribution in [2.75, 3.05) is 5.32 Å². The van der Waals surface area contributed by atoms with Crippen LogP contribution >= 0.6 is 35.4 Å². The lowest BCUT2D eigenvalue weighted by molar-refractivity contribution is -0.115. The summed E-state index contributed by atoms with van der Waals surface area (Å²) in [6.45, 7) is 1.98. The van der Waals surface area contributed by atoms with E-state index in [4.69, 9.17) is 39.8 Å². The van der Waals surface area contributed by atoms with E-state index in [9.17, 15) is 4.79 Å². The van der Waals surface area contributed by atoms with Gasteiger partial charge in [0.1, 0.15) is 11.5 Å². The Labute approximate surface area is 178 Å². The van der Waals surface area contributed by atoms with Gasteiger partial charge in [0.25, 0.3) is 0 Å². The van der Waals surface area contributed by atoms with Gasteiger partial charge in [-0.15, -0.1) is 0 Å². The lowest BCUT2D eigenvalue weighted by atomic mass is 10.2. The van der Waals surface area contributed by atoms with Crippen molar-refractivity contribution in [1.29, 1.82) is 0 Å². The number of thiocarbonyl (C=S) groups is 1. The molecule has 1 aromatic heterocycles. The van der Waals surface area contributed by atoms with Gasteiger partial charge >= 0.3 is 0 Å². The number of carbonyl (C=O) groups is 1. The fraction of sp³-hybridized carbons (Fsp3) is 0.0476. The highest BCUT2D eigenvalue weighted by molar-refractivity contribution is 7.80. The lowest BCUT2D eigenvalue weighted by Gasteiger charge is -2.08. The van der Waals surface area contributed by atoms with Crippen LogP contribution in [0.15, 0.2) is 65.1 Å². The summed E-state index contributed by atoms with van der Waals surface area (Å²) in [7, 11) is 0. The Balaban J connectivity index is 1.60. The molecule has 0 radical (unpaired) electrons. The molecule has 4 nitrogen and oxygen atoms in total. The van der Waals surface area contributed by atoms with E-state index in [1.54, 1.807) is 36.4 Å². The van der Waals surface area contributed by atoms with Crippen LogP contribution in [0.1, 0.15) is 11.3 Å². The van der Waals surface area contributed by atoms with Crippen LogP contribution in [0.2, 0.25) is 10.0 Å². The van der Waals surface area contributed by atoms with Crippen molar-refractivity contribution in [2.45, 2.75) is 6.92 Å². The van der Waals surface area contributed by atoms with Crippen molar-refractivity contribution >= 4 is 58.2 Å². The molecule has 142 valence electrons. The molecule has 0 spiro atoms. The Morgan fingerprint density at radius 2 is 1.93 bits per heavy atom. The maximum atomic E-state index is 12.0. The van der Waals surface area contributed by atoms with Crippen molar-refractivity contribution in [1.82, 2.24) is 5.32 Å². The van der Waals surface area contributed by atoms with Crippen molar-refractivity contribution in [3.63, 3.8) is 0 Å². The summed E-state index contributed by atoms with van der Waals surface area (Å²) < 4.78 is 5.71. The Morgan fingerprint density at radius 3 is 2.68 bits per heavy atom. The first-order valence-corrected chi connectivity index (χ1v) is 9.49. The topological polar surface area (TPSA) is 54.3 Å². The SMILES string of the molecule is Cc1cccc(NC(=S)NC(=O)/C=C/c2ccc(-c3ccc(Cl)cc3Cl)o2)c1. The molecule has 3 aromatic rings. The van der Waals surface area contributed by atoms with Gasteiger partial charge in [0, 0.05) is 22.3 Å². The van der Waals surface area contributed by atoms with Gasteiger partial charge in [-0.1, -0.05) is 35.3 Å². The van der Waals surface area contributed by atoms with E-state index in [0.717, 1.165) is 16.8 Å². The number of halogens is 2. The smallest absolute Gasteiger partial charge is 0.250 e. The van der Waals surface area contributed by atoms with E-state index in [2.05, 4.69) is 10.6 Å². The van der Waals surface area contributed by atoms with Crippen LogP contribution in [0.3, 0.4) is 0 Å². The molecule has 3 rings (SSSR count). The maximum Gasteiger partial charge on any atom is 0.250 e. The van der Waals surface area contributed by atoms with E-state index in [1.807, 2.05) is 31.2 Å².